The van der Waals surface area contributed by atoms with Gasteiger partial charge in [0.25, 0.3) is 0 Å². The summed E-state index contributed by atoms with van der Waals surface area (Å²) in [5.41, 5.74) is 10.5. The number of anilines is 1. The zero-order valence-corrected chi connectivity index (χ0v) is 14.2. The van der Waals surface area contributed by atoms with E-state index in [0.717, 1.165) is 16.4 Å². The Morgan fingerprint density at radius 2 is 1.88 bits per heavy atom. The number of hydrogen-bond acceptors (Lipinski definition) is 5. The first-order valence-electron chi connectivity index (χ1n) is 6.08. The molecule has 2 aromatic rings. The number of thioether (sulfide) groups is 1. The van der Waals surface area contributed by atoms with Gasteiger partial charge >= 0.3 is 6.18 Å². The lowest BCUT2D eigenvalue weighted by Crippen LogP contribution is -2.15. The number of nitrogens with zero attached hydrogens (tertiary/aromatic N) is 3. The molecule has 12 heteroatoms. The third-order valence-electron chi connectivity index (χ3n) is 2.99. The van der Waals surface area contributed by atoms with Crippen LogP contribution in [0.1, 0.15) is 11.3 Å². The van der Waals surface area contributed by atoms with Crippen LogP contribution in [0.15, 0.2) is 22.2 Å². The van der Waals surface area contributed by atoms with Gasteiger partial charge in [-0.25, -0.2) is 4.68 Å². The van der Waals surface area contributed by atoms with Crippen molar-refractivity contribution in [3.63, 3.8) is 0 Å². The topological polar surface area (TPSA) is 102 Å². The summed E-state index contributed by atoms with van der Waals surface area (Å²) in [6, 6.07) is 1.43. The maximum absolute atomic E-state index is 12.8. The number of alkyl halides is 3. The van der Waals surface area contributed by atoms with E-state index < -0.39 is 11.7 Å². The van der Waals surface area contributed by atoms with Gasteiger partial charge in [0.1, 0.15) is 17.2 Å². The zero-order valence-electron chi connectivity index (χ0n) is 11.9. The minimum absolute atomic E-state index is 0.0349. The molecule has 0 aliphatic heterocycles. The molecule has 1 aromatic heterocycles. The van der Waals surface area contributed by atoms with Crippen molar-refractivity contribution in [3.8, 4) is 5.69 Å². The molecule has 0 amide bonds. The molecular formula is C12H10Cl2F3N5OS. The van der Waals surface area contributed by atoms with Gasteiger partial charge < -0.3 is 16.7 Å². The predicted octanol–water partition coefficient (Wildman–Crippen LogP) is 3.60. The number of halogens is 5. The quantitative estimate of drug-likeness (QED) is 0.240. The molecule has 2 rings (SSSR count). The number of rotatable bonds is 3. The number of oxime groups is 1. The molecule has 0 aliphatic rings. The Morgan fingerprint density at radius 3 is 2.29 bits per heavy atom. The average molecular weight is 400 g/mol. The molecule has 0 radical (unpaired) electrons. The molecule has 130 valence electrons. The Hall–Kier alpha value is -1.78. The summed E-state index contributed by atoms with van der Waals surface area (Å²) in [5, 5.41) is 15.1. The van der Waals surface area contributed by atoms with Gasteiger partial charge in [-0.3, -0.25) is 0 Å². The summed E-state index contributed by atoms with van der Waals surface area (Å²) in [6.07, 6.45) is -2.94. The van der Waals surface area contributed by atoms with Gasteiger partial charge in [0.15, 0.2) is 5.84 Å². The highest BCUT2D eigenvalue weighted by Gasteiger charge is 2.33. The lowest BCUT2D eigenvalue weighted by atomic mass is 10.2. The third kappa shape index (κ3) is 3.21. The molecule has 24 heavy (non-hydrogen) atoms. The van der Waals surface area contributed by atoms with Crippen molar-refractivity contribution in [2.75, 3.05) is 12.0 Å². The second-order valence-corrected chi connectivity index (χ2v) is 6.08. The monoisotopic (exact) mass is 399 g/mol. The Bertz CT molecular complexity index is 799. The van der Waals surface area contributed by atoms with Gasteiger partial charge in [-0.15, -0.1) is 11.8 Å². The fourth-order valence-corrected chi connectivity index (χ4v) is 3.22. The fourth-order valence-electron chi connectivity index (χ4n) is 1.93. The van der Waals surface area contributed by atoms with Crippen LogP contribution < -0.4 is 11.5 Å². The number of benzene rings is 1. The van der Waals surface area contributed by atoms with E-state index in [-0.39, 0.29) is 33.1 Å². The second kappa shape index (κ2) is 6.61. The average Bonchev–Trinajstić information content (AvgIpc) is 2.81. The molecule has 0 atom stereocenters. The van der Waals surface area contributed by atoms with Crippen molar-refractivity contribution in [2.45, 2.75) is 11.1 Å². The van der Waals surface area contributed by atoms with Crippen LogP contribution >= 0.6 is 35.0 Å². The van der Waals surface area contributed by atoms with Crippen LogP contribution in [0, 0.1) is 0 Å². The maximum Gasteiger partial charge on any atom is 0.416 e. The van der Waals surface area contributed by atoms with Gasteiger partial charge in [0.2, 0.25) is 0 Å². The normalized spacial score (nSPS) is 12.7. The third-order valence-corrected chi connectivity index (χ3v) is 4.37. The molecular weight excluding hydrogens is 390 g/mol. The van der Waals surface area contributed by atoms with Crippen molar-refractivity contribution in [2.24, 2.45) is 10.9 Å². The minimum Gasteiger partial charge on any atom is -0.409 e. The molecule has 1 heterocycles. The summed E-state index contributed by atoms with van der Waals surface area (Å²) < 4.78 is 39.5. The Kier molecular flexibility index (Phi) is 5.11. The summed E-state index contributed by atoms with van der Waals surface area (Å²) in [7, 11) is 0. The highest BCUT2D eigenvalue weighted by molar-refractivity contribution is 7.98. The Morgan fingerprint density at radius 1 is 1.33 bits per heavy atom. The van der Waals surface area contributed by atoms with Gasteiger partial charge in [-0.2, -0.15) is 18.3 Å². The van der Waals surface area contributed by atoms with E-state index in [4.69, 9.17) is 39.9 Å². The van der Waals surface area contributed by atoms with Gasteiger partial charge in [0.05, 0.1) is 20.5 Å². The van der Waals surface area contributed by atoms with Crippen molar-refractivity contribution < 1.29 is 18.4 Å². The lowest BCUT2D eigenvalue weighted by molar-refractivity contribution is -0.137. The number of hydrogen-bond donors (Lipinski definition) is 3. The Balaban J connectivity index is 2.72. The highest BCUT2D eigenvalue weighted by atomic mass is 35.5. The van der Waals surface area contributed by atoms with Crippen LogP contribution in [0.5, 0.6) is 0 Å². The molecule has 6 nitrogen and oxygen atoms in total. The first-order valence-corrected chi connectivity index (χ1v) is 8.06. The van der Waals surface area contributed by atoms with E-state index in [0.29, 0.717) is 17.0 Å². The first-order chi connectivity index (χ1) is 11.1. The van der Waals surface area contributed by atoms with Crippen LogP contribution in [-0.2, 0) is 6.18 Å². The van der Waals surface area contributed by atoms with Crippen molar-refractivity contribution in [3.05, 3.63) is 33.4 Å². The highest BCUT2D eigenvalue weighted by Crippen LogP contribution is 2.39. The van der Waals surface area contributed by atoms with Crippen molar-refractivity contribution >= 4 is 46.6 Å². The number of nitrogens with two attached hydrogens (primary N) is 2. The molecule has 0 aliphatic carbocycles. The number of amidine groups is 1. The Labute approximate surface area is 148 Å². The van der Waals surface area contributed by atoms with E-state index in [2.05, 4.69) is 10.3 Å². The second-order valence-electron chi connectivity index (χ2n) is 4.45. The molecule has 0 saturated carbocycles. The largest absolute Gasteiger partial charge is 0.416 e. The van der Waals surface area contributed by atoms with E-state index in [1.807, 2.05) is 0 Å². The minimum atomic E-state index is -4.61. The van der Waals surface area contributed by atoms with E-state index in [1.165, 1.54) is 0 Å². The zero-order chi connectivity index (χ0) is 18.2. The number of aromatic nitrogens is 2. The van der Waals surface area contributed by atoms with Crippen LogP contribution in [0.25, 0.3) is 5.69 Å². The van der Waals surface area contributed by atoms with Gasteiger partial charge in [-0.05, 0) is 18.4 Å². The molecule has 1 aromatic carbocycles. The molecule has 0 saturated heterocycles. The molecule has 5 N–H and O–H groups in total. The van der Waals surface area contributed by atoms with Gasteiger partial charge in [0, 0.05) is 0 Å². The lowest BCUT2D eigenvalue weighted by Gasteiger charge is -2.13. The molecule has 0 unspecified atom stereocenters. The van der Waals surface area contributed by atoms with Crippen LogP contribution in [-0.4, -0.2) is 27.1 Å². The van der Waals surface area contributed by atoms with Gasteiger partial charge in [-0.1, -0.05) is 28.4 Å². The van der Waals surface area contributed by atoms with E-state index in [1.54, 1.807) is 6.26 Å². The summed E-state index contributed by atoms with van der Waals surface area (Å²) in [4.78, 5) is 0.359. The maximum atomic E-state index is 12.8. The molecule has 0 fully saturated rings. The molecule has 0 bridgehead atoms. The van der Waals surface area contributed by atoms with Crippen molar-refractivity contribution in [1.29, 1.82) is 0 Å². The predicted molar refractivity (Wildman–Crippen MR) is 87.3 cm³/mol. The van der Waals surface area contributed by atoms with Crippen LogP contribution in [0.2, 0.25) is 10.0 Å². The number of nitrogen functional groups attached to an aromatic ring is 1. The summed E-state index contributed by atoms with van der Waals surface area (Å²) in [5.74, 6) is -0.281. The summed E-state index contributed by atoms with van der Waals surface area (Å²) >= 11 is 13.0. The smallest absolute Gasteiger partial charge is 0.409 e. The van der Waals surface area contributed by atoms with Crippen LogP contribution in [0.3, 0.4) is 0 Å². The van der Waals surface area contributed by atoms with E-state index in [9.17, 15) is 13.2 Å². The SMILES string of the molecule is CSc1c(/C(N)=N\O)nn(-c2c(Cl)cc(C(F)(F)F)cc2Cl)c1N. The van der Waals surface area contributed by atoms with E-state index >= 15 is 0 Å². The summed E-state index contributed by atoms with van der Waals surface area (Å²) in [6.45, 7) is 0. The fraction of sp³-hybridized carbons (Fsp3) is 0.167. The van der Waals surface area contributed by atoms with Crippen LogP contribution in [0.4, 0.5) is 19.0 Å². The molecule has 0 spiro atoms. The standard InChI is InChI=1S/C12H10Cl2F3N5OS/c1-24-9-7(10(18)21-23)20-22(11(9)19)8-5(13)2-4(3-6(8)14)12(15,16)17/h2-3,23H,19H2,1H3,(H2,18,21). The first kappa shape index (κ1) is 18.6. The van der Waals surface area contributed by atoms with Crippen molar-refractivity contribution in [1.82, 2.24) is 9.78 Å².